The Labute approximate surface area is 83.1 Å². The summed E-state index contributed by atoms with van der Waals surface area (Å²) in [6, 6.07) is 0. The van der Waals surface area contributed by atoms with Crippen molar-refractivity contribution in [3.05, 3.63) is 0 Å². The van der Waals surface area contributed by atoms with Crippen LogP contribution in [-0.2, 0) is 18.4 Å². The van der Waals surface area contributed by atoms with Gasteiger partial charge < -0.3 is 14.2 Å². The van der Waals surface area contributed by atoms with Crippen LogP contribution in [0, 0.1) is 0 Å². The highest BCUT2D eigenvalue weighted by atomic mass is 31.2. The Hall–Kier alpha value is -0.420. The topological polar surface area (TPSA) is 84.9 Å². The minimum Gasteiger partial charge on any atom is -0.480 e. The van der Waals surface area contributed by atoms with E-state index in [4.69, 9.17) is 14.2 Å². The quantitative estimate of drug-likeness (QED) is 0.596. The molecule has 0 saturated heterocycles. The zero-order chi connectivity index (χ0) is 11.0. The van der Waals surface area contributed by atoms with Crippen molar-refractivity contribution in [1.82, 2.24) is 5.32 Å². The minimum absolute atomic E-state index is 0.0824. The lowest BCUT2D eigenvalue weighted by molar-refractivity contribution is -0.135. The standard InChI is InChI=1S/C7H16NO5P/c1-3-12-14(11,13-4-2)6-8-5-7(9)10/h8H,3-6H2,1-2H3,(H,9,10). The van der Waals surface area contributed by atoms with Crippen LogP contribution in [0.15, 0.2) is 0 Å². The minimum atomic E-state index is -3.15. The molecule has 0 unspecified atom stereocenters. The Kier molecular flexibility index (Phi) is 6.74. The summed E-state index contributed by atoms with van der Waals surface area (Å²) in [5.41, 5.74) is 0. The maximum absolute atomic E-state index is 11.7. The third-order valence-corrected chi connectivity index (χ3v) is 3.15. The second-order valence-corrected chi connectivity index (χ2v) is 4.48. The van der Waals surface area contributed by atoms with E-state index in [2.05, 4.69) is 5.32 Å². The van der Waals surface area contributed by atoms with Gasteiger partial charge in [0.15, 0.2) is 0 Å². The highest BCUT2D eigenvalue weighted by molar-refractivity contribution is 7.53. The number of nitrogens with one attached hydrogen (secondary N) is 1. The van der Waals surface area contributed by atoms with Gasteiger partial charge in [-0.1, -0.05) is 0 Å². The fraction of sp³-hybridized carbons (Fsp3) is 0.857. The molecule has 0 atom stereocenters. The summed E-state index contributed by atoms with van der Waals surface area (Å²) in [6.45, 7) is 3.67. The van der Waals surface area contributed by atoms with Gasteiger partial charge in [-0.25, -0.2) is 0 Å². The Morgan fingerprint density at radius 3 is 2.21 bits per heavy atom. The lowest BCUT2D eigenvalue weighted by Crippen LogP contribution is -2.24. The van der Waals surface area contributed by atoms with Crippen molar-refractivity contribution in [1.29, 1.82) is 0 Å². The van der Waals surface area contributed by atoms with Crippen LogP contribution in [0.25, 0.3) is 0 Å². The van der Waals surface area contributed by atoms with Crippen LogP contribution in [0.4, 0.5) is 0 Å². The molecule has 0 saturated carbocycles. The van der Waals surface area contributed by atoms with Crippen LogP contribution in [0.5, 0.6) is 0 Å². The second-order valence-electron chi connectivity index (χ2n) is 2.43. The summed E-state index contributed by atoms with van der Waals surface area (Å²) in [4.78, 5) is 10.2. The van der Waals surface area contributed by atoms with Gasteiger partial charge in [-0.2, -0.15) is 0 Å². The van der Waals surface area contributed by atoms with Gasteiger partial charge in [0.2, 0.25) is 0 Å². The van der Waals surface area contributed by atoms with Crippen LogP contribution < -0.4 is 5.32 Å². The number of rotatable bonds is 8. The molecule has 0 rings (SSSR count). The summed E-state index contributed by atoms with van der Waals surface area (Å²) in [5, 5.41) is 10.8. The van der Waals surface area contributed by atoms with E-state index in [0.717, 1.165) is 0 Å². The maximum Gasteiger partial charge on any atom is 0.344 e. The fourth-order valence-electron chi connectivity index (χ4n) is 0.822. The third kappa shape index (κ3) is 6.10. The maximum atomic E-state index is 11.7. The van der Waals surface area contributed by atoms with E-state index in [1.165, 1.54) is 0 Å². The van der Waals surface area contributed by atoms with Crippen molar-refractivity contribution in [3.63, 3.8) is 0 Å². The number of carboxylic acids is 1. The van der Waals surface area contributed by atoms with Gasteiger partial charge in [-0.3, -0.25) is 14.7 Å². The van der Waals surface area contributed by atoms with E-state index in [0.29, 0.717) is 0 Å². The summed E-state index contributed by atoms with van der Waals surface area (Å²) in [6.07, 6.45) is -0.0824. The van der Waals surface area contributed by atoms with Gasteiger partial charge in [0.1, 0.15) is 0 Å². The molecule has 0 aliphatic rings. The third-order valence-electron chi connectivity index (χ3n) is 1.23. The molecule has 0 aromatic carbocycles. The van der Waals surface area contributed by atoms with Crippen molar-refractivity contribution in [2.24, 2.45) is 0 Å². The van der Waals surface area contributed by atoms with Gasteiger partial charge in [-0.15, -0.1) is 0 Å². The number of carbonyl (C=O) groups is 1. The highest BCUT2D eigenvalue weighted by Gasteiger charge is 2.22. The molecular weight excluding hydrogens is 209 g/mol. The van der Waals surface area contributed by atoms with E-state index in [-0.39, 0.29) is 26.0 Å². The SMILES string of the molecule is CCOP(=O)(CNCC(=O)O)OCC. The molecule has 0 bridgehead atoms. The summed E-state index contributed by atoms with van der Waals surface area (Å²) in [7, 11) is -3.15. The summed E-state index contributed by atoms with van der Waals surface area (Å²) in [5.74, 6) is -1.01. The van der Waals surface area contributed by atoms with Gasteiger partial charge >= 0.3 is 13.6 Å². The number of hydrogen-bond donors (Lipinski definition) is 2. The largest absolute Gasteiger partial charge is 0.480 e. The van der Waals surface area contributed by atoms with Crippen LogP contribution in [0.3, 0.4) is 0 Å². The molecule has 7 heteroatoms. The van der Waals surface area contributed by atoms with Crippen LogP contribution in [-0.4, -0.2) is 37.1 Å². The number of aliphatic carboxylic acids is 1. The van der Waals surface area contributed by atoms with Crippen molar-refractivity contribution in [2.45, 2.75) is 13.8 Å². The first kappa shape index (κ1) is 13.6. The Balaban J connectivity index is 3.96. The van der Waals surface area contributed by atoms with Crippen LogP contribution in [0.1, 0.15) is 13.8 Å². The van der Waals surface area contributed by atoms with E-state index in [9.17, 15) is 9.36 Å². The van der Waals surface area contributed by atoms with Gasteiger partial charge in [0.25, 0.3) is 0 Å². The van der Waals surface area contributed by atoms with Crippen molar-refractivity contribution >= 4 is 13.6 Å². The van der Waals surface area contributed by atoms with Crippen molar-refractivity contribution in [3.8, 4) is 0 Å². The first-order chi connectivity index (χ1) is 6.54. The predicted molar refractivity (Wildman–Crippen MR) is 51.4 cm³/mol. The molecule has 84 valence electrons. The van der Waals surface area contributed by atoms with Crippen molar-refractivity contribution in [2.75, 3.05) is 26.0 Å². The van der Waals surface area contributed by atoms with Gasteiger partial charge in [0.05, 0.1) is 26.0 Å². The Bertz CT molecular complexity index is 210. The summed E-state index contributed by atoms with van der Waals surface area (Å²) >= 11 is 0. The lowest BCUT2D eigenvalue weighted by Gasteiger charge is -2.16. The predicted octanol–water partition coefficient (Wildman–Crippen LogP) is 0.884. The molecule has 0 aromatic rings. The van der Waals surface area contributed by atoms with Gasteiger partial charge in [-0.05, 0) is 13.8 Å². The van der Waals surface area contributed by atoms with E-state index in [1.54, 1.807) is 13.8 Å². The molecule has 0 amide bonds. The molecule has 2 N–H and O–H groups in total. The van der Waals surface area contributed by atoms with E-state index in [1.807, 2.05) is 0 Å². The molecule has 0 fully saturated rings. The molecule has 0 spiro atoms. The molecule has 0 aromatic heterocycles. The molecule has 0 heterocycles. The average Bonchev–Trinajstić information content (AvgIpc) is 2.03. The Morgan fingerprint density at radius 1 is 1.36 bits per heavy atom. The Morgan fingerprint density at radius 2 is 1.86 bits per heavy atom. The molecule has 0 aliphatic carbocycles. The second kappa shape index (κ2) is 6.95. The molecule has 14 heavy (non-hydrogen) atoms. The summed E-state index contributed by atoms with van der Waals surface area (Å²) < 4.78 is 21.6. The van der Waals surface area contributed by atoms with E-state index < -0.39 is 13.6 Å². The zero-order valence-electron chi connectivity index (χ0n) is 8.36. The molecule has 6 nitrogen and oxygen atoms in total. The number of carboxylic acid groups (broad SMARTS) is 1. The first-order valence-electron chi connectivity index (χ1n) is 4.34. The van der Waals surface area contributed by atoms with Gasteiger partial charge in [0, 0.05) is 0 Å². The first-order valence-corrected chi connectivity index (χ1v) is 6.07. The highest BCUT2D eigenvalue weighted by Crippen LogP contribution is 2.46. The number of hydrogen-bond acceptors (Lipinski definition) is 5. The van der Waals surface area contributed by atoms with E-state index >= 15 is 0 Å². The van der Waals surface area contributed by atoms with Crippen molar-refractivity contribution < 1.29 is 23.5 Å². The molecule has 0 aliphatic heterocycles. The van der Waals surface area contributed by atoms with Crippen LogP contribution >= 0.6 is 7.60 Å². The zero-order valence-corrected chi connectivity index (χ0v) is 9.25. The molecular formula is C7H16NO5P. The smallest absolute Gasteiger partial charge is 0.344 e. The monoisotopic (exact) mass is 225 g/mol. The fourth-order valence-corrected chi connectivity index (χ4v) is 2.25. The lowest BCUT2D eigenvalue weighted by atomic mass is 10.7. The normalized spacial score (nSPS) is 11.6. The average molecular weight is 225 g/mol. The van der Waals surface area contributed by atoms with Crippen LogP contribution in [0.2, 0.25) is 0 Å². The molecule has 0 radical (unpaired) electrons.